The summed E-state index contributed by atoms with van der Waals surface area (Å²) in [6, 6.07) is 5.75. The SMILES string of the molecule is O=C(NCCOCCO)c1ccc2c(c1)CCCN2. The van der Waals surface area contributed by atoms with Crippen LogP contribution in [0, 0.1) is 0 Å². The van der Waals surface area contributed by atoms with Crippen LogP contribution in [0.4, 0.5) is 5.69 Å². The summed E-state index contributed by atoms with van der Waals surface area (Å²) in [5.41, 5.74) is 3.02. The molecule has 0 spiro atoms. The highest BCUT2D eigenvalue weighted by atomic mass is 16.5. The number of nitrogens with one attached hydrogen (secondary N) is 2. The van der Waals surface area contributed by atoms with E-state index in [0.717, 1.165) is 25.1 Å². The lowest BCUT2D eigenvalue weighted by Crippen LogP contribution is -2.27. The average molecular weight is 264 g/mol. The van der Waals surface area contributed by atoms with E-state index >= 15 is 0 Å². The van der Waals surface area contributed by atoms with Crippen molar-refractivity contribution in [3.05, 3.63) is 29.3 Å². The van der Waals surface area contributed by atoms with Crippen LogP contribution in [0.1, 0.15) is 22.3 Å². The van der Waals surface area contributed by atoms with Crippen LogP contribution in [0.3, 0.4) is 0 Å². The second-order valence-electron chi connectivity index (χ2n) is 4.49. The lowest BCUT2D eigenvalue weighted by Gasteiger charge is -2.18. The number of benzene rings is 1. The summed E-state index contributed by atoms with van der Waals surface area (Å²) in [6.45, 7) is 2.18. The number of hydrogen-bond acceptors (Lipinski definition) is 4. The average Bonchev–Trinajstić information content (AvgIpc) is 2.46. The number of anilines is 1. The molecule has 2 rings (SSSR count). The van der Waals surface area contributed by atoms with Gasteiger partial charge in [-0.05, 0) is 36.6 Å². The Morgan fingerprint density at radius 3 is 3.16 bits per heavy atom. The highest BCUT2D eigenvalue weighted by molar-refractivity contribution is 5.94. The van der Waals surface area contributed by atoms with Gasteiger partial charge in [0, 0.05) is 24.3 Å². The van der Waals surface area contributed by atoms with Gasteiger partial charge in [0.15, 0.2) is 0 Å². The van der Waals surface area contributed by atoms with Crippen LogP contribution in [0.2, 0.25) is 0 Å². The number of carbonyl (C=O) groups excluding carboxylic acids is 1. The Hall–Kier alpha value is -1.59. The first kappa shape index (κ1) is 13.8. The molecule has 0 unspecified atom stereocenters. The van der Waals surface area contributed by atoms with E-state index in [2.05, 4.69) is 10.6 Å². The monoisotopic (exact) mass is 264 g/mol. The van der Waals surface area contributed by atoms with Crippen LogP contribution >= 0.6 is 0 Å². The fourth-order valence-corrected chi connectivity index (χ4v) is 2.12. The Bertz CT molecular complexity index is 435. The van der Waals surface area contributed by atoms with Gasteiger partial charge < -0.3 is 20.5 Å². The van der Waals surface area contributed by atoms with Gasteiger partial charge >= 0.3 is 0 Å². The van der Waals surface area contributed by atoms with Crippen molar-refractivity contribution in [1.82, 2.24) is 5.32 Å². The summed E-state index contributed by atoms with van der Waals surface area (Å²) in [5, 5.41) is 14.7. The zero-order chi connectivity index (χ0) is 13.5. The van der Waals surface area contributed by atoms with Crippen molar-refractivity contribution in [3.8, 4) is 0 Å². The molecule has 19 heavy (non-hydrogen) atoms. The first-order valence-corrected chi connectivity index (χ1v) is 6.65. The van der Waals surface area contributed by atoms with E-state index in [1.165, 1.54) is 5.56 Å². The van der Waals surface area contributed by atoms with Gasteiger partial charge in [0.05, 0.1) is 19.8 Å². The molecular formula is C14H20N2O3. The molecule has 0 atom stereocenters. The van der Waals surface area contributed by atoms with Gasteiger partial charge in [-0.15, -0.1) is 0 Å². The van der Waals surface area contributed by atoms with Gasteiger partial charge in [0.25, 0.3) is 5.91 Å². The lowest BCUT2D eigenvalue weighted by molar-refractivity contribution is 0.0838. The molecule has 0 saturated heterocycles. The van der Waals surface area contributed by atoms with Gasteiger partial charge in [0.1, 0.15) is 0 Å². The highest BCUT2D eigenvalue weighted by Crippen LogP contribution is 2.22. The molecule has 0 radical (unpaired) electrons. The summed E-state index contributed by atoms with van der Waals surface area (Å²) in [7, 11) is 0. The van der Waals surface area contributed by atoms with Crippen LogP contribution in [0.5, 0.6) is 0 Å². The third-order valence-electron chi connectivity index (χ3n) is 3.07. The van der Waals surface area contributed by atoms with Crippen molar-refractivity contribution < 1.29 is 14.6 Å². The fraction of sp³-hybridized carbons (Fsp3) is 0.500. The zero-order valence-corrected chi connectivity index (χ0v) is 10.9. The molecule has 5 heteroatoms. The number of aliphatic hydroxyl groups excluding tert-OH is 1. The quantitative estimate of drug-likeness (QED) is 0.664. The first-order valence-electron chi connectivity index (χ1n) is 6.65. The molecule has 1 aliphatic rings. The van der Waals surface area contributed by atoms with Crippen LogP contribution < -0.4 is 10.6 Å². The van der Waals surface area contributed by atoms with E-state index in [-0.39, 0.29) is 12.5 Å². The molecule has 1 aromatic rings. The van der Waals surface area contributed by atoms with Crippen LogP contribution in [-0.2, 0) is 11.2 Å². The molecule has 0 aliphatic carbocycles. The van der Waals surface area contributed by atoms with Gasteiger partial charge in [-0.1, -0.05) is 0 Å². The number of aliphatic hydroxyl groups is 1. The molecule has 0 bridgehead atoms. The maximum absolute atomic E-state index is 11.9. The molecule has 104 valence electrons. The van der Waals surface area contributed by atoms with Crippen molar-refractivity contribution in [2.24, 2.45) is 0 Å². The summed E-state index contributed by atoms with van der Waals surface area (Å²) >= 11 is 0. The molecule has 0 saturated carbocycles. The van der Waals surface area contributed by atoms with E-state index in [9.17, 15) is 4.79 Å². The molecule has 1 aromatic carbocycles. The fourth-order valence-electron chi connectivity index (χ4n) is 2.12. The van der Waals surface area contributed by atoms with Gasteiger partial charge in [0.2, 0.25) is 0 Å². The Morgan fingerprint density at radius 2 is 2.32 bits per heavy atom. The number of ether oxygens (including phenoxy) is 1. The standard InChI is InChI=1S/C14H20N2O3/c17-7-9-19-8-6-16-14(18)12-3-4-13-11(10-12)2-1-5-15-13/h3-4,10,15,17H,1-2,5-9H2,(H,16,18). The second-order valence-corrected chi connectivity index (χ2v) is 4.49. The molecule has 3 N–H and O–H groups in total. The Balaban J connectivity index is 1.85. The lowest BCUT2D eigenvalue weighted by atomic mass is 10.0. The summed E-state index contributed by atoms with van der Waals surface area (Å²) in [5.74, 6) is -0.0824. The van der Waals surface area contributed by atoms with Gasteiger partial charge in [-0.2, -0.15) is 0 Å². The minimum atomic E-state index is -0.0824. The highest BCUT2D eigenvalue weighted by Gasteiger charge is 2.11. The number of carbonyl (C=O) groups is 1. The molecule has 1 amide bonds. The predicted molar refractivity (Wildman–Crippen MR) is 73.5 cm³/mol. The summed E-state index contributed by atoms with van der Waals surface area (Å²) in [6.07, 6.45) is 2.12. The second kappa shape index (κ2) is 7.11. The normalized spacial score (nSPS) is 13.5. The summed E-state index contributed by atoms with van der Waals surface area (Å²) in [4.78, 5) is 11.9. The molecule has 5 nitrogen and oxygen atoms in total. The minimum Gasteiger partial charge on any atom is -0.394 e. The third-order valence-corrected chi connectivity index (χ3v) is 3.07. The van der Waals surface area contributed by atoms with Crippen molar-refractivity contribution >= 4 is 11.6 Å². The molecule has 0 aromatic heterocycles. The molecule has 0 fully saturated rings. The number of amides is 1. The number of aryl methyl sites for hydroxylation is 1. The maximum atomic E-state index is 11.9. The largest absolute Gasteiger partial charge is 0.394 e. The number of hydrogen-bond donors (Lipinski definition) is 3. The molecular weight excluding hydrogens is 244 g/mol. The van der Waals surface area contributed by atoms with Crippen molar-refractivity contribution in [2.45, 2.75) is 12.8 Å². The zero-order valence-electron chi connectivity index (χ0n) is 10.9. The summed E-state index contributed by atoms with van der Waals surface area (Å²) < 4.78 is 5.08. The van der Waals surface area contributed by atoms with E-state index in [1.54, 1.807) is 0 Å². The van der Waals surface area contributed by atoms with Gasteiger partial charge in [-0.25, -0.2) is 0 Å². The van der Waals surface area contributed by atoms with Crippen LogP contribution in [0.25, 0.3) is 0 Å². The Kier molecular flexibility index (Phi) is 5.18. The van der Waals surface area contributed by atoms with E-state index in [0.29, 0.717) is 25.3 Å². The van der Waals surface area contributed by atoms with Crippen LogP contribution in [-0.4, -0.2) is 43.9 Å². The number of rotatable bonds is 6. The number of fused-ring (bicyclic) bond motifs is 1. The minimum absolute atomic E-state index is 0.00572. The van der Waals surface area contributed by atoms with E-state index in [4.69, 9.17) is 9.84 Å². The van der Waals surface area contributed by atoms with Crippen molar-refractivity contribution in [3.63, 3.8) is 0 Å². The van der Waals surface area contributed by atoms with E-state index in [1.807, 2.05) is 18.2 Å². The maximum Gasteiger partial charge on any atom is 0.251 e. The molecule has 1 heterocycles. The predicted octanol–water partition coefficient (Wildman–Crippen LogP) is 0.783. The Morgan fingerprint density at radius 1 is 1.42 bits per heavy atom. The van der Waals surface area contributed by atoms with Crippen LogP contribution in [0.15, 0.2) is 18.2 Å². The molecule has 1 aliphatic heterocycles. The van der Waals surface area contributed by atoms with Crippen molar-refractivity contribution in [2.75, 3.05) is 38.2 Å². The first-order chi connectivity index (χ1) is 9.31. The third kappa shape index (κ3) is 3.94. The smallest absolute Gasteiger partial charge is 0.251 e. The Labute approximate surface area is 113 Å². The topological polar surface area (TPSA) is 70.6 Å². The van der Waals surface area contributed by atoms with E-state index < -0.39 is 0 Å². The van der Waals surface area contributed by atoms with Gasteiger partial charge in [-0.3, -0.25) is 4.79 Å². The van der Waals surface area contributed by atoms with Crippen molar-refractivity contribution in [1.29, 1.82) is 0 Å².